The summed E-state index contributed by atoms with van der Waals surface area (Å²) >= 11 is 6.07. The highest BCUT2D eigenvalue weighted by Gasteiger charge is 2.21. The van der Waals surface area contributed by atoms with Crippen molar-refractivity contribution in [3.63, 3.8) is 0 Å². The van der Waals surface area contributed by atoms with Crippen LogP contribution in [0.5, 0.6) is 11.5 Å². The number of nitrogens with one attached hydrogen (secondary N) is 3. The molecule has 152 valence electrons. The molecule has 1 atom stereocenters. The monoisotopic (exact) mass is 419 g/mol. The molecule has 0 radical (unpaired) electrons. The minimum atomic E-state index is -1.00. The zero-order valence-electron chi connectivity index (χ0n) is 15.1. The van der Waals surface area contributed by atoms with Crippen molar-refractivity contribution in [3.8, 4) is 11.5 Å². The van der Waals surface area contributed by atoms with Gasteiger partial charge in [0, 0.05) is 12.6 Å². The lowest BCUT2D eigenvalue weighted by atomic mass is 10.2. The van der Waals surface area contributed by atoms with Crippen LogP contribution < -0.4 is 25.4 Å². The van der Waals surface area contributed by atoms with Crippen LogP contribution in [-0.2, 0) is 14.4 Å². The Labute approximate surface area is 170 Å². The summed E-state index contributed by atoms with van der Waals surface area (Å²) in [6, 6.07) is 11.7. The first kappa shape index (κ1) is 20.4. The third-order valence-electron chi connectivity index (χ3n) is 3.84. The molecule has 2 aromatic rings. The Morgan fingerprint density at radius 2 is 2.00 bits per heavy atom. The molecule has 0 saturated heterocycles. The molecule has 0 saturated carbocycles. The number of para-hydroxylation sites is 1. The molecule has 29 heavy (non-hydrogen) atoms. The van der Waals surface area contributed by atoms with E-state index in [1.54, 1.807) is 24.3 Å². The fraction of sp³-hybridized carbons (Fsp3) is 0.211. The molecule has 2 aromatic carbocycles. The van der Waals surface area contributed by atoms with Gasteiger partial charge in [0.25, 0.3) is 5.91 Å². The summed E-state index contributed by atoms with van der Waals surface area (Å²) < 4.78 is 10.6. The van der Waals surface area contributed by atoms with Gasteiger partial charge in [0.1, 0.15) is 24.2 Å². The molecule has 0 aromatic heterocycles. The topological polar surface area (TPSA) is 126 Å². The fourth-order valence-corrected chi connectivity index (χ4v) is 2.64. The summed E-state index contributed by atoms with van der Waals surface area (Å²) in [6.45, 7) is -0.386. The van der Waals surface area contributed by atoms with Crippen molar-refractivity contribution in [1.29, 1.82) is 0 Å². The maximum atomic E-state index is 12.1. The third-order valence-corrected chi connectivity index (χ3v) is 4.15. The molecule has 1 aliphatic rings. The maximum absolute atomic E-state index is 12.1. The molecule has 3 amide bonds. The van der Waals surface area contributed by atoms with E-state index in [1.165, 1.54) is 12.1 Å². The van der Waals surface area contributed by atoms with Crippen LogP contribution in [0.2, 0.25) is 5.02 Å². The molecule has 1 aliphatic heterocycles. The number of carbonyl (C=O) groups excluding carboxylic acids is 3. The van der Waals surface area contributed by atoms with Gasteiger partial charge in [-0.15, -0.1) is 0 Å². The van der Waals surface area contributed by atoms with Crippen molar-refractivity contribution in [2.75, 3.05) is 30.4 Å². The minimum absolute atomic E-state index is 0.0500. The van der Waals surface area contributed by atoms with Crippen LogP contribution in [0.25, 0.3) is 0 Å². The van der Waals surface area contributed by atoms with Crippen molar-refractivity contribution in [3.05, 3.63) is 47.5 Å². The summed E-state index contributed by atoms with van der Waals surface area (Å²) in [5.74, 6) is -1.34. The molecule has 9 nitrogen and oxygen atoms in total. The van der Waals surface area contributed by atoms with Crippen LogP contribution in [-0.4, -0.2) is 48.7 Å². The van der Waals surface area contributed by atoms with E-state index in [9.17, 15) is 19.5 Å². The first-order chi connectivity index (χ1) is 13.9. The molecule has 0 fully saturated rings. The number of hydrogen-bond donors (Lipinski definition) is 4. The lowest BCUT2D eigenvalue weighted by Crippen LogP contribution is -2.41. The van der Waals surface area contributed by atoms with Crippen molar-refractivity contribution < 1.29 is 29.0 Å². The molecule has 0 spiro atoms. The summed E-state index contributed by atoms with van der Waals surface area (Å²) in [5, 5.41) is 17.3. The first-order valence-electron chi connectivity index (χ1n) is 8.63. The van der Waals surface area contributed by atoms with Crippen LogP contribution >= 0.6 is 11.6 Å². The summed E-state index contributed by atoms with van der Waals surface area (Å²) in [5.41, 5.74) is 0.518. The summed E-state index contributed by atoms with van der Waals surface area (Å²) in [7, 11) is 0. The van der Waals surface area contributed by atoms with E-state index in [-0.39, 0.29) is 36.4 Å². The number of anilines is 2. The van der Waals surface area contributed by atoms with Crippen molar-refractivity contribution >= 4 is 40.7 Å². The number of fused-ring (bicyclic) bond motifs is 1. The third kappa shape index (κ3) is 5.59. The predicted octanol–water partition coefficient (Wildman–Crippen LogP) is 1.17. The van der Waals surface area contributed by atoms with Gasteiger partial charge in [-0.1, -0.05) is 29.8 Å². The van der Waals surface area contributed by atoms with Crippen LogP contribution in [0.3, 0.4) is 0 Å². The van der Waals surface area contributed by atoms with Crippen LogP contribution in [0, 0.1) is 0 Å². The van der Waals surface area contributed by atoms with E-state index < -0.39 is 17.9 Å². The van der Waals surface area contributed by atoms with Gasteiger partial charge in [-0.05, 0) is 18.2 Å². The lowest BCUT2D eigenvalue weighted by Gasteiger charge is -2.19. The van der Waals surface area contributed by atoms with Crippen LogP contribution in [0.1, 0.15) is 0 Å². The van der Waals surface area contributed by atoms with Gasteiger partial charge >= 0.3 is 11.8 Å². The molecule has 1 heterocycles. The average molecular weight is 420 g/mol. The van der Waals surface area contributed by atoms with Crippen molar-refractivity contribution in [1.82, 2.24) is 5.32 Å². The molecule has 0 unspecified atom stereocenters. The second kappa shape index (κ2) is 9.26. The van der Waals surface area contributed by atoms with Gasteiger partial charge in [-0.3, -0.25) is 14.4 Å². The van der Waals surface area contributed by atoms with Crippen LogP contribution in [0.4, 0.5) is 11.4 Å². The first-order valence-corrected chi connectivity index (χ1v) is 9.01. The second-order valence-electron chi connectivity index (χ2n) is 6.11. The molecular weight excluding hydrogens is 402 g/mol. The maximum Gasteiger partial charge on any atom is 0.313 e. The standard InChI is InChI=1S/C19H18ClN3O6/c20-13-6-15-16(29-10-17(25)22-15)7-14(13)23-19(27)18(26)21-8-11(24)9-28-12-4-2-1-3-5-12/h1-7,11,24H,8-10H2,(H,21,26)(H,22,25)(H,23,27)/t11-/m0/s1. The molecule has 0 aliphatic carbocycles. The Hall–Kier alpha value is -3.30. The van der Waals surface area contributed by atoms with E-state index in [4.69, 9.17) is 21.1 Å². The Morgan fingerprint density at radius 3 is 2.76 bits per heavy atom. The zero-order chi connectivity index (χ0) is 20.8. The normalized spacial score (nSPS) is 13.4. The Kier molecular flexibility index (Phi) is 6.53. The lowest BCUT2D eigenvalue weighted by molar-refractivity contribution is -0.136. The highest BCUT2D eigenvalue weighted by atomic mass is 35.5. The smallest absolute Gasteiger partial charge is 0.313 e. The molecule has 4 N–H and O–H groups in total. The highest BCUT2D eigenvalue weighted by molar-refractivity contribution is 6.41. The number of aliphatic hydroxyl groups excluding tert-OH is 1. The Morgan fingerprint density at radius 1 is 1.24 bits per heavy atom. The van der Waals surface area contributed by atoms with Gasteiger partial charge in [0.15, 0.2) is 6.61 Å². The van der Waals surface area contributed by atoms with E-state index in [2.05, 4.69) is 16.0 Å². The van der Waals surface area contributed by atoms with Gasteiger partial charge in [0.05, 0.1) is 16.4 Å². The van der Waals surface area contributed by atoms with E-state index in [0.29, 0.717) is 17.2 Å². The SMILES string of the molecule is O=C1COc2cc(NC(=O)C(=O)NC[C@H](O)COc3ccccc3)c(Cl)cc2N1. The Balaban J connectivity index is 1.49. The second-order valence-corrected chi connectivity index (χ2v) is 6.51. The minimum Gasteiger partial charge on any atom is -0.491 e. The Bertz CT molecular complexity index is 922. The number of benzene rings is 2. The highest BCUT2D eigenvalue weighted by Crippen LogP contribution is 2.36. The molecule has 10 heteroatoms. The largest absolute Gasteiger partial charge is 0.491 e. The molecule has 3 rings (SSSR count). The van der Waals surface area contributed by atoms with Gasteiger partial charge in [-0.2, -0.15) is 0 Å². The quantitative estimate of drug-likeness (QED) is 0.521. The van der Waals surface area contributed by atoms with Gasteiger partial charge < -0.3 is 30.5 Å². The fourth-order valence-electron chi connectivity index (χ4n) is 2.43. The zero-order valence-corrected chi connectivity index (χ0v) is 15.9. The van der Waals surface area contributed by atoms with Gasteiger partial charge in [-0.25, -0.2) is 0 Å². The van der Waals surface area contributed by atoms with Crippen molar-refractivity contribution in [2.45, 2.75) is 6.10 Å². The van der Waals surface area contributed by atoms with Crippen molar-refractivity contribution in [2.24, 2.45) is 0 Å². The predicted molar refractivity (Wildman–Crippen MR) is 105 cm³/mol. The number of carbonyl (C=O) groups is 3. The summed E-state index contributed by atoms with van der Waals surface area (Å²) in [6.07, 6.45) is -1.00. The number of halogens is 1. The number of ether oxygens (including phenoxy) is 2. The van der Waals surface area contributed by atoms with Crippen LogP contribution in [0.15, 0.2) is 42.5 Å². The number of aliphatic hydroxyl groups is 1. The van der Waals surface area contributed by atoms with E-state index >= 15 is 0 Å². The molecule has 0 bridgehead atoms. The van der Waals surface area contributed by atoms with E-state index in [0.717, 1.165) is 0 Å². The average Bonchev–Trinajstić information content (AvgIpc) is 2.71. The summed E-state index contributed by atoms with van der Waals surface area (Å²) in [4.78, 5) is 35.3. The molecular formula is C19H18ClN3O6. The van der Waals surface area contributed by atoms with E-state index in [1.807, 2.05) is 6.07 Å². The number of rotatable bonds is 6. The van der Waals surface area contributed by atoms with Gasteiger partial charge in [0.2, 0.25) is 0 Å². The number of hydrogen-bond acceptors (Lipinski definition) is 6. The number of amides is 3.